The van der Waals surface area contributed by atoms with Crippen molar-refractivity contribution in [3.05, 3.63) is 52.6 Å². The molecule has 150 valence electrons. The number of para-hydroxylation sites is 2. The molecule has 1 amide bonds. The van der Waals surface area contributed by atoms with Crippen molar-refractivity contribution in [1.82, 2.24) is 0 Å². The Morgan fingerprint density at radius 3 is 2.54 bits per heavy atom. The van der Waals surface area contributed by atoms with Gasteiger partial charge in [0, 0.05) is 6.07 Å². The Bertz CT molecular complexity index is 992. The average Bonchev–Trinajstić information content (AvgIpc) is 2.62. The number of sulfonamides is 1. The van der Waals surface area contributed by atoms with Gasteiger partial charge in [0.1, 0.15) is 5.75 Å². The molecule has 2 aromatic rings. The van der Waals surface area contributed by atoms with Gasteiger partial charge < -0.3 is 14.8 Å². The molecule has 3 N–H and O–H groups in total. The molecule has 0 spiro atoms. The standard InChI is InChI=1S/C17H19N3O7S/c1-3-26-15-7-5-4-6-13(15)19-17(21)11(2)27-16-9-8-12(28(18,24)25)10-14(16)20(22)23/h4-11H,3H2,1-2H3,(H,19,21)(H2,18,24,25). The fourth-order valence-corrected chi connectivity index (χ4v) is 2.78. The van der Waals surface area contributed by atoms with E-state index in [4.69, 9.17) is 14.6 Å². The fourth-order valence-electron chi connectivity index (χ4n) is 2.25. The molecule has 11 heteroatoms. The number of carbonyl (C=O) groups excluding carboxylic acids is 1. The maximum atomic E-state index is 12.4. The van der Waals surface area contributed by atoms with Crippen molar-refractivity contribution in [1.29, 1.82) is 0 Å². The minimum absolute atomic E-state index is 0.266. The number of nitrogens with one attached hydrogen (secondary N) is 1. The Morgan fingerprint density at radius 2 is 1.93 bits per heavy atom. The summed E-state index contributed by atoms with van der Waals surface area (Å²) in [5.41, 5.74) is -0.204. The van der Waals surface area contributed by atoms with Crippen LogP contribution in [0.5, 0.6) is 11.5 Å². The number of primary sulfonamides is 1. The lowest BCUT2D eigenvalue weighted by Gasteiger charge is -2.16. The normalized spacial score (nSPS) is 12.1. The smallest absolute Gasteiger partial charge is 0.312 e. The van der Waals surface area contributed by atoms with E-state index in [2.05, 4.69) is 5.32 Å². The Morgan fingerprint density at radius 1 is 1.25 bits per heavy atom. The van der Waals surface area contributed by atoms with Crippen molar-refractivity contribution in [3.63, 3.8) is 0 Å². The third-order valence-electron chi connectivity index (χ3n) is 3.57. The average molecular weight is 409 g/mol. The summed E-state index contributed by atoms with van der Waals surface area (Å²) < 4.78 is 33.5. The van der Waals surface area contributed by atoms with E-state index >= 15 is 0 Å². The van der Waals surface area contributed by atoms with Crippen LogP contribution in [0.15, 0.2) is 47.4 Å². The quantitative estimate of drug-likeness (QED) is 0.500. The molecule has 1 unspecified atom stereocenters. The minimum atomic E-state index is -4.12. The number of rotatable bonds is 8. The van der Waals surface area contributed by atoms with Crippen LogP contribution in [0.25, 0.3) is 0 Å². The van der Waals surface area contributed by atoms with Crippen molar-refractivity contribution < 1.29 is 27.6 Å². The molecule has 0 heterocycles. The molecule has 0 aromatic heterocycles. The largest absolute Gasteiger partial charge is 0.492 e. The van der Waals surface area contributed by atoms with Gasteiger partial charge in [0.25, 0.3) is 5.91 Å². The molecule has 0 saturated carbocycles. The molecular formula is C17H19N3O7S. The van der Waals surface area contributed by atoms with Crippen LogP contribution in [0, 0.1) is 10.1 Å². The number of carbonyl (C=O) groups is 1. The summed E-state index contributed by atoms with van der Waals surface area (Å²) >= 11 is 0. The Hall–Kier alpha value is -3.18. The molecule has 2 aromatic carbocycles. The van der Waals surface area contributed by atoms with E-state index in [1.807, 2.05) is 0 Å². The number of hydrogen-bond acceptors (Lipinski definition) is 7. The van der Waals surface area contributed by atoms with Gasteiger partial charge in [-0.15, -0.1) is 0 Å². The zero-order valence-electron chi connectivity index (χ0n) is 15.1. The highest BCUT2D eigenvalue weighted by Crippen LogP contribution is 2.30. The topological polar surface area (TPSA) is 151 Å². The van der Waals surface area contributed by atoms with E-state index in [9.17, 15) is 23.3 Å². The highest BCUT2D eigenvalue weighted by atomic mass is 32.2. The van der Waals surface area contributed by atoms with Crippen LogP contribution in [-0.2, 0) is 14.8 Å². The lowest BCUT2D eigenvalue weighted by molar-refractivity contribution is -0.386. The monoisotopic (exact) mass is 409 g/mol. The fraction of sp³-hybridized carbons (Fsp3) is 0.235. The molecule has 28 heavy (non-hydrogen) atoms. The Balaban J connectivity index is 2.21. The van der Waals surface area contributed by atoms with Crippen LogP contribution in [0.4, 0.5) is 11.4 Å². The van der Waals surface area contributed by atoms with Gasteiger partial charge in [0.15, 0.2) is 11.9 Å². The molecule has 0 radical (unpaired) electrons. The van der Waals surface area contributed by atoms with E-state index in [-0.39, 0.29) is 5.75 Å². The maximum Gasteiger partial charge on any atom is 0.312 e. The first-order chi connectivity index (χ1) is 13.1. The van der Waals surface area contributed by atoms with Gasteiger partial charge in [-0.2, -0.15) is 0 Å². The third-order valence-corrected chi connectivity index (χ3v) is 4.48. The van der Waals surface area contributed by atoms with Crippen molar-refractivity contribution in [3.8, 4) is 11.5 Å². The van der Waals surface area contributed by atoms with Gasteiger partial charge in [0.05, 0.1) is 22.1 Å². The molecule has 10 nitrogen and oxygen atoms in total. The Labute approximate surface area is 161 Å². The molecule has 1 atom stereocenters. The van der Waals surface area contributed by atoms with Crippen LogP contribution in [0.1, 0.15) is 13.8 Å². The molecule has 2 rings (SSSR count). The third kappa shape index (κ3) is 5.18. The second-order valence-electron chi connectivity index (χ2n) is 5.61. The summed E-state index contributed by atoms with van der Waals surface area (Å²) in [6.45, 7) is 3.60. The second kappa shape index (κ2) is 8.67. The van der Waals surface area contributed by atoms with Gasteiger partial charge in [-0.05, 0) is 38.1 Å². The summed E-state index contributed by atoms with van der Waals surface area (Å²) in [4.78, 5) is 22.4. The van der Waals surface area contributed by atoms with Gasteiger partial charge in [0.2, 0.25) is 10.0 Å². The Kier molecular flexibility index (Phi) is 6.54. The van der Waals surface area contributed by atoms with Crippen LogP contribution < -0.4 is 19.9 Å². The molecule has 0 bridgehead atoms. The number of nitro benzene ring substituents is 1. The number of anilines is 1. The number of benzene rings is 2. The number of ether oxygens (including phenoxy) is 2. The van der Waals surface area contributed by atoms with Crippen LogP contribution >= 0.6 is 0 Å². The van der Waals surface area contributed by atoms with Crippen molar-refractivity contribution >= 4 is 27.3 Å². The lowest BCUT2D eigenvalue weighted by atomic mass is 10.2. The zero-order valence-corrected chi connectivity index (χ0v) is 15.9. The first-order valence-corrected chi connectivity index (χ1v) is 9.68. The van der Waals surface area contributed by atoms with Crippen LogP contribution in [0.2, 0.25) is 0 Å². The van der Waals surface area contributed by atoms with E-state index in [1.54, 1.807) is 31.2 Å². The summed E-state index contributed by atoms with van der Waals surface area (Å²) in [7, 11) is -4.12. The molecule has 0 saturated heterocycles. The number of amides is 1. The number of nitrogens with two attached hydrogens (primary N) is 1. The summed E-state index contributed by atoms with van der Waals surface area (Å²) in [5.74, 6) is -0.371. The van der Waals surface area contributed by atoms with Crippen molar-refractivity contribution in [2.75, 3.05) is 11.9 Å². The van der Waals surface area contributed by atoms with Crippen molar-refractivity contribution in [2.45, 2.75) is 24.8 Å². The zero-order chi connectivity index (χ0) is 20.9. The molecule has 0 aliphatic heterocycles. The molecule has 0 aliphatic carbocycles. The maximum absolute atomic E-state index is 12.4. The van der Waals surface area contributed by atoms with Crippen molar-refractivity contribution in [2.24, 2.45) is 5.14 Å². The first-order valence-electron chi connectivity index (χ1n) is 8.14. The van der Waals surface area contributed by atoms with Crippen LogP contribution in [-0.4, -0.2) is 32.0 Å². The van der Waals surface area contributed by atoms with E-state index in [0.29, 0.717) is 18.0 Å². The summed E-state index contributed by atoms with van der Waals surface area (Å²) in [6.07, 6.45) is -1.12. The van der Waals surface area contributed by atoms with Gasteiger partial charge in [-0.25, -0.2) is 13.6 Å². The van der Waals surface area contributed by atoms with Gasteiger partial charge >= 0.3 is 5.69 Å². The predicted molar refractivity (Wildman–Crippen MR) is 101 cm³/mol. The predicted octanol–water partition coefficient (Wildman–Crippen LogP) is 2.05. The molecule has 0 aliphatic rings. The molecule has 0 fully saturated rings. The number of hydrogen-bond donors (Lipinski definition) is 2. The second-order valence-corrected chi connectivity index (χ2v) is 7.17. The summed E-state index contributed by atoms with van der Waals surface area (Å²) in [5, 5.41) is 18.8. The van der Waals surface area contributed by atoms with E-state index < -0.39 is 37.5 Å². The van der Waals surface area contributed by atoms with Gasteiger partial charge in [-0.1, -0.05) is 12.1 Å². The van der Waals surface area contributed by atoms with E-state index in [0.717, 1.165) is 18.2 Å². The number of nitro groups is 1. The lowest BCUT2D eigenvalue weighted by Crippen LogP contribution is -2.30. The van der Waals surface area contributed by atoms with Gasteiger partial charge in [-0.3, -0.25) is 14.9 Å². The minimum Gasteiger partial charge on any atom is -0.492 e. The first kappa shape index (κ1) is 21.1. The highest BCUT2D eigenvalue weighted by molar-refractivity contribution is 7.89. The SMILES string of the molecule is CCOc1ccccc1NC(=O)C(C)Oc1ccc(S(N)(=O)=O)cc1[N+](=O)[O-]. The van der Waals surface area contributed by atoms with E-state index in [1.165, 1.54) is 6.92 Å². The van der Waals surface area contributed by atoms with Crippen LogP contribution in [0.3, 0.4) is 0 Å². The number of nitrogens with zero attached hydrogens (tertiary/aromatic N) is 1. The molecular weight excluding hydrogens is 390 g/mol. The highest BCUT2D eigenvalue weighted by Gasteiger charge is 2.24. The summed E-state index contributed by atoms with van der Waals surface area (Å²) in [6, 6.07) is 9.69.